The van der Waals surface area contributed by atoms with E-state index in [4.69, 9.17) is 4.74 Å². The number of carbonyl (C=O) groups is 1. The minimum absolute atomic E-state index is 0.229. The van der Waals surface area contributed by atoms with E-state index in [2.05, 4.69) is 15.5 Å². The Bertz CT molecular complexity index is 1280. The topological polar surface area (TPSA) is 90.5 Å². The number of nitrogens with one attached hydrogen (secondary N) is 1. The first-order valence-corrected chi connectivity index (χ1v) is 9.59. The Hall–Kier alpha value is -4.01. The maximum absolute atomic E-state index is 13.1. The minimum Gasteiger partial charge on any atom is -0.497 e. The third-order valence-corrected chi connectivity index (χ3v) is 4.92. The van der Waals surface area contributed by atoms with Crippen LogP contribution < -0.4 is 15.6 Å². The molecule has 31 heavy (non-hydrogen) atoms. The molecule has 4 aromatic rings. The summed E-state index contributed by atoms with van der Waals surface area (Å²) in [6.45, 7) is 1.62. The summed E-state index contributed by atoms with van der Waals surface area (Å²) >= 11 is 0. The highest BCUT2D eigenvalue weighted by Crippen LogP contribution is 2.19. The van der Waals surface area contributed by atoms with Gasteiger partial charge in [-0.25, -0.2) is 13.6 Å². The van der Waals surface area contributed by atoms with Gasteiger partial charge in [0.15, 0.2) is 0 Å². The molecule has 2 aromatic carbocycles. The van der Waals surface area contributed by atoms with E-state index in [9.17, 15) is 14.0 Å². The van der Waals surface area contributed by atoms with E-state index in [0.29, 0.717) is 11.3 Å². The molecule has 0 aliphatic heterocycles. The highest BCUT2D eigenvalue weighted by molar-refractivity contribution is 5.76. The van der Waals surface area contributed by atoms with E-state index >= 15 is 0 Å². The number of halogens is 1. The molecule has 158 valence electrons. The third kappa shape index (κ3) is 4.30. The van der Waals surface area contributed by atoms with Gasteiger partial charge in [-0.3, -0.25) is 9.59 Å². The summed E-state index contributed by atoms with van der Waals surface area (Å²) in [5, 5.41) is 11.2. The molecule has 0 aliphatic rings. The number of hydrogen-bond donors (Lipinski definition) is 1. The smallest absolute Gasteiger partial charge is 0.293 e. The van der Waals surface area contributed by atoms with Crippen LogP contribution in [0.15, 0.2) is 65.7 Å². The van der Waals surface area contributed by atoms with Crippen molar-refractivity contribution < 1.29 is 13.9 Å². The number of methoxy groups -OCH3 is 1. The van der Waals surface area contributed by atoms with Crippen LogP contribution in [0.5, 0.6) is 5.75 Å². The van der Waals surface area contributed by atoms with Crippen LogP contribution in [0.4, 0.5) is 4.39 Å². The Balaban J connectivity index is 1.51. The maximum atomic E-state index is 13.1. The average molecular weight is 421 g/mol. The Morgan fingerprint density at radius 2 is 1.87 bits per heavy atom. The fourth-order valence-corrected chi connectivity index (χ4v) is 3.21. The zero-order valence-electron chi connectivity index (χ0n) is 16.9. The van der Waals surface area contributed by atoms with Crippen LogP contribution in [0, 0.1) is 5.82 Å². The maximum Gasteiger partial charge on any atom is 0.293 e. The summed E-state index contributed by atoms with van der Waals surface area (Å²) in [6.07, 6.45) is 1.37. The fourth-order valence-electron chi connectivity index (χ4n) is 3.21. The molecule has 0 saturated heterocycles. The molecule has 1 amide bonds. The number of benzene rings is 2. The summed E-state index contributed by atoms with van der Waals surface area (Å²) in [4.78, 5) is 25.2. The van der Waals surface area contributed by atoms with Gasteiger partial charge in [-0.1, -0.05) is 12.1 Å². The molecule has 1 atom stereocenters. The molecule has 0 unspecified atom stereocenters. The highest BCUT2D eigenvalue weighted by atomic mass is 19.1. The predicted octanol–water partition coefficient (Wildman–Crippen LogP) is 2.58. The monoisotopic (exact) mass is 421 g/mol. The van der Waals surface area contributed by atoms with Crippen molar-refractivity contribution in [2.24, 2.45) is 0 Å². The normalized spacial score (nSPS) is 12.0. The van der Waals surface area contributed by atoms with Crippen molar-refractivity contribution in [2.75, 3.05) is 7.11 Å². The Morgan fingerprint density at radius 3 is 2.55 bits per heavy atom. The van der Waals surface area contributed by atoms with Gasteiger partial charge in [-0.15, -0.1) is 0 Å². The van der Waals surface area contributed by atoms with Crippen molar-refractivity contribution in [3.8, 4) is 17.0 Å². The second-order valence-electron chi connectivity index (χ2n) is 7.02. The zero-order valence-corrected chi connectivity index (χ0v) is 16.9. The number of fused-ring (bicyclic) bond motifs is 1. The van der Waals surface area contributed by atoms with Gasteiger partial charge in [0, 0.05) is 5.56 Å². The van der Waals surface area contributed by atoms with Crippen molar-refractivity contribution >= 4 is 11.4 Å². The van der Waals surface area contributed by atoms with E-state index < -0.39 is 5.56 Å². The van der Waals surface area contributed by atoms with Crippen LogP contribution in [0.2, 0.25) is 0 Å². The van der Waals surface area contributed by atoms with Crippen LogP contribution in [0.3, 0.4) is 0 Å². The van der Waals surface area contributed by atoms with Crippen molar-refractivity contribution in [1.29, 1.82) is 0 Å². The van der Waals surface area contributed by atoms with Gasteiger partial charge in [0.25, 0.3) is 5.56 Å². The standard InChI is InChI=1S/C22H20FN5O3/c1-14(15-5-9-18(31-2)10-6-15)25-21(29)12-27-22(30)20-11-19(26-28(20)13-24-27)16-3-7-17(23)8-4-16/h3-11,13-14H,12H2,1-2H3,(H,25,29)/t14-/m1/s1. The van der Waals surface area contributed by atoms with Crippen LogP contribution in [-0.4, -0.2) is 32.4 Å². The van der Waals surface area contributed by atoms with Gasteiger partial charge in [-0.05, 0) is 55.0 Å². The summed E-state index contributed by atoms with van der Waals surface area (Å²) in [6, 6.07) is 14.5. The molecule has 8 nitrogen and oxygen atoms in total. The minimum atomic E-state index is -0.449. The number of nitrogens with zero attached hydrogens (tertiary/aromatic N) is 4. The summed E-state index contributed by atoms with van der Waals surface area (Å²) in [7, 11) is 1.59. The second kappa shape index (κ2) is 8.39. The lowest BCUT2D eigenvalue weighted by molar-refractivity contribution is -0.122. The van der Waals surface area contributed by atoms with Crippen molar-refractivity contribution in [1.82, 2.24) is 24.7 Å². The summed E-state index contributed by atoms with van der Waals surface area (Å²) in [5.74, 6) is 0.0269. The van der Waals surface area contributed by atoms with E-state index in [0.717, 1.165) is 16.0 Å². The van der Waals surface area contributed by atoms with E-state index in [-0.39, 0.29) is 29.8 Å². The number of rotatable bonds is 6. The second-order valence-corrected chi connectivity index (χ2v) is 7.02. The number of aromatic nitrogens is 4. The quantitative estimate of drug-likeness (QED) is 0.517. The average Bonchev–Trinajstić information content (AvgIpc) is 3.21. The van der Waals surface area contributed by atoms with Gasteiger partial charge in [0.1, 0.15) is 30.0 Å². The Morgan fingerprint density at radius 1 is 1.16 bits per heavy atom. The largest absolute Gasteiger partial charge is 0.497 e. The molecule has 2 aromatic heterocycles. The van der Waals surface area contributed by atoms with Crippen molar-refractivity contribution in [3.63, 3.8) is 0 Å². The van der Waals surface area contributed by atoms with Crippen LogP contribution >= 0.6 is 0 Å². The molecule has 0 saturated carbocycles. The third-order valence-electron chi connectivity index (χ3n) is 4.92. The van der Waals surface area contributed by atoms with Crippen molar-refractivity contribution in [2.45, 2.75) is 19.5 Å². The van der Waals surface area contributed by atoms with Crippen molar-refractivity contribution in [3.05, 3.63) is 82.7 Å². The van der Waals surface area contributed by atoms with Crippen LogP contribution in [0.25, 0.3) is 16.8 Å². The Kier molecular flexibility index (Phi) is 5.48. The van der Waals surface area contributed by atoms with Crippen LogP contribution in [-0.2, 0) is 11.3 Å². The molecule has 0 aliphatic carbocycles. The molecule has 0 radical (unpaired) electrons. The molecule has 1 N–H and O–H groups in total. The molecule has 2 heterocycles. The first-order valence-electron chi connectivity index (χ1n) is 9.59. The van der Waals surface area contributed by atoms with Crippen LogP contribution in [0.1, 0.15) is 18.5 Å². The molecular weight excluding hydrogens is 401 g/mol. The number of amides is 1. The predicted molar refractivity (Wildman–Crippen MR) is 112 cm³/mol. The lowest BCUT2D eigenvalue weighted by Gasteiger charge is -2.15. The van der Waals surface area contributed by atoms with Gasteiger partial charge in [-0.2, -0.15) is 10.2 Å². The van der Waals surface area contributed by atoms with Gasteiger partial charge in [0.05, 0.1) is 18.8 Å². The van der Waals surface area contributed by atoms with E-state index in [1.54, 1.807) is 25.3 Å². The molecule has 0 fully saturated rings. The Labute approximate surface area is 176 Å². The number of ether oxygens (including phenoxy) is 1. The number of carbonyl (C=O) groups excluding carboxylic acids is 1. The SMILES string of the molecule is COc1ccc([C@@H](C)NC(=O)Cn2ncn3nc(-c4ccc(F)cc4)cc3c2=O)cc1. The molecule has 4 rings (SSSR count). The van der Waals surface area contributed by atoms with E-state index in [1.807, 2.05) is 31.2 Å². The van der Waals surface area contributed by atoms with Gasteiger partial charge in [0.2, 0.25) is 5.91 Å². The first kappa shape index (κ1) is 20.3. The molecule has 0 spiro atoms. The highest BCUT2D eigenvalue weighted by Gasteiger charge is 2.14. The first-order chi connectivity index (χ1) is 14.9. The fraction of sp³-hybridized carbons (Fsp3) is 0.182. The molecule has 9 heteroatoms. The zero-order chi connectivity index (χ0) is 22.0. The van der Waals surface area contributed by atoms with Gasteiger partial charge < -0.3 is 10.1 Å². The van der Waals surface area contributed by atoms with Gasteiger partial charge >= 0.3 is 0 Å². The molecular formula is C22H20FN5O3. The summed E-state index contributed by atoms with van der Waals surface area (Å²) in [5.41, 5.74) is 1.90. The molecule has 0 bridgehead atoms. The summed E-state index contributed by atoms with van der Waals surface area (Å²) < 4.78 is 20.7. The lowest BCUT2D eigenvalue weighted by Crippen LogP contribution is -2.35. The lowest BCUT2D eigenvalue weighted by atomic mass is 10.1. The number of hydrogen-bond acceptors (Lipinski definition) is 5. The van der Waals surface area contributed by atoms with E-state index in [1.165, 1.54) is 23.0 Å².